The van der Waals surface area contributed by atoms with E-state index < -0.39 is 0 Å². The van der Waals surface area contributed by atoms with Crippen LogP contribution in [0.2, 0.25) is 0 Å². The largest absolute Gasteiger partial charge is 0.409 e. The lowest BCUT2D eigenvalue weighted by Gasteiger charge is -2.38. The average molecular weight is 298 g/mol. The van der Waals surface area contributed by atoms with Gasteiger partial charge in [0.25, 0.3) is 0 Å². The standard InChI is InChI=1S/C16H34N4O/c1-3-5-6-7-8-10-19-11-13-20(14-12-19)15(9-4-2)16(17)18-21/h15,21H,3-14H2,1-2H3,(H2,17,18). The molecule has 3 N–H and O–H groups in total. The van der Waals surface area contributed by atoms with Crippen molar-refractivity contribution >= 4 is 5.84 Å². The van der Waals surface area contributed by atoms with Crippen LogP contribution in [0.25, 0.3) is 0 Å². The molecular weight excluding hydrogens is 264 g/mol. The van der Waals surface area contributed by atoms with Gasteiger partial charge >= 0.3 is 0 Å². The molecule has 124 valence electrons. The van der Waals surface area contributed by atoms with E-state index in [-0.39, 0.29) is 6.04 Å². The number of amidine groups is 1. The molecule has 0 radical (unpaired) electrons. The van der Waals surface area contributed by atoms with E-state index in [0.29, 0.717) is 5.84 Å². The number of unbranched alkanes of at least 4 members (excludes halogenated alkanes) is 4. The average Bonchev–Trinajstić information content (AvgIpc) is 2.52. The van der Waals surface area contributed by atoms with Gasteiger partial charge in [-0.3, -0.25) is 4.90 Å². The normalized spacial score (nSPS) is 19.8. The SMILES string of the molecule is CCCCCCCN1CCN(C(CCC)C(N)=NO)CC1. The number of nitrogens with two attached hydrogens (primary N) is 1. The monoisotopic (exact) mass is 298 g/mol. The smallest absolute Gasteiger partial charge is 0.156 e. The second-order valence-electron chi connectivity index (χ2n) is 6.12. The minimum Gasteiger partial charge on any atom is -0.409 e. The number of rotatable bonds is 10. The fourth-order valence-electron chi connectivity index (χ4n) is 3.10. The van der Waals surface area contributed by atoms with E-state index in [9.17, 15) is 0 Å². The zero-order chi connectivity index (χ0) is 15.5. The molecule has 1 aliphatic heterocycles. The highest BCUT2D eigenvalue weighted by atomic mass is 16.4. The first-order valence-corrected chi connectivity index (χ1v) is 8.66. The Morgan fingerprint density at radius 3 is 2.29 bits per heavy atom. The maximum Gasteiger partial charge on any atom is 0.156 e. The van der Waals surface area contributed by atoms with Gasteiger partial charge in [-0.25, -0.2) is 0 Å². The molecule has 1 rings (SSSR count). The summed E-state index contributed by atoms with van der Waals surface area (Å²) < 4.78 is 0. The lowest BCUT2D eigenvalue weighted by molar-refractivity contribution is 0.111. The summed E-state index contributed by atoms with van der Waals surface area (Å²) in [5.74, 6) is 0.366. The summed E-state index contributed by atoms with van der Waals surface area (Å²) in [4.78, 5) is 4.92. The Morgan fingerprint density at radius 1 is 1.05 bits per heavy atom. The Kier molecular flexibility index (Phi) is 9.42. The van der Waals surface area contributed by atoms with Gasteiger partial charge < -0.3 is 15.8 Å². The summed E-state index contributed by atoms with van der Waals surface area (Å²) in [6.45, 7) is 9.88. The molecule has 1 atom stereocenters. The van der Waals surface area contributed by atoms with Crippen LogP contribution in [0.5, 0.6) is 0 Å². The van der Waals surface area contributed by atoms with Crippen molar-refractivity contribution < 1.29 is 5.21 Å². The van der Waals surface area contributed by atoms with Crippen LogP contribution in [0.3, 0.4) is 0 Å². The number of piperazine rings is 1. The number of hydrogen-bond acceptors (Lipinski definition) is 4. The van der Waals surface area contributed by atoms with Gasteiger partial charge in [0, 0.05) is 26.2 Å². The third kappa shape index (κ3) is 6.66. The molecule has 0 amide bonds. The molecule has 0 aliphatic carbocycles. The molecule has 0 spiro atoms. The molecule has 5 nitrogen and oxygen atoms in total. The summed E-state index contributed by atoms with van der Waals surface area (Å²) in [7, 11) is 0. The molecule has 0 aromatic carbocycles. The highest BCUT2D eigenvalue weighted by Gasteiger charge is 2.25. The van der Waals surface area contributed by atoms with Crippen LogP contribution >= 0.6 is 0 Å². The molecular formula is C16H34N4O. The van der Waals surface area contributed by atoms with Gasteiger partial charge in [0.15, 0.2) is 5.84 Å². The van der Waals surface area contributed by atoms with E-state index in [1.54, 1.807) is 0 Å². The maximum atomic E-state index is 8.93. The topological polar surface area (TPSA) is 65.1 Å². The summed E-state index contributed by atoms with van der Waals surface area (Å²) in [6, 6.07) is 0.103. The van der Waals surface area contributed by atoms with Crippen molar-refractivity contribution in [2.24, 2.45) is 10.9 Å². The second kappa shape index (κ2) is 10.9. The molecule has 0 saturated carbocycles. The fourth-order valence-corrected chi connectivity index (χ4v) is 3.10. The minimum atomic E-state index is 0.103. The van der Waals surface area contributed by atoms with Crippen molar-refractivity contribution in [2.45, 2.75) is 64.8 Å². The lowest BCUT2D eigenvalue weighted by atomic mass is 10.1. The Morgan fingerprint density at radius 2 is 1.71 bits per heavy atom. The third-order valence-corrected chi connectivity index (χ3v) is 4.44. The zero-order valence-electron chi connectivity index (χ0n) is 13.9. The van der Waals surface area contributed by atoms with E-state index in [2.05, 4.69) is 28.8 Å². The van der Waals surface area contributed by atoms with E-state index in [1.165, 1.54) is 38.6 Å². The van der Waals surface area contributed by atoms with Crippen molar-refractivity contribution in [3.05, 3.63) is 0 Å². The van der Waals surface area contributed by atoms with Gasteiger partial charge in [-0.2, -0.15) is 0 Å². The van der Waals surface area contributed by atoms with E-state index >= 15 is 0 Å². The quantitative estimate of drug-likeness (QED) is 0.214. The molecule has 1 saturated heterocycles. The van der Waals surface area contributed by atoms with E-state index in [1.807, 2.05) is 0 Å². The molecule has 1 heterocycles. The van der Waals surface area contributed by atoms with Gasteiger partial charge in [0.2, 0.25) is 0 Å². The molecule has 21 heavy (non-hydrogen) atoms. The third-order valence-electron chi connectivity index (χ3n) is 4.44. The Bertz CT molecular complexity index is 288. The van der Waals surface area contributed by atoms with E-state index in [4.69, 9.17) is 10.9 Å². The first kappa shape index (κ1) is 18.2. The van der Waals surface area contributed by atoms with Crippen LogP contribution in [0.4, 0.5) is 0 Å². The van der Waals surface area contributed by atoms with Crippen LogP contribution in [0.1, 0.15) is 58.8 Å². The fraction of sp³-hybridized carbons (Fsp3) is 0.938. The summed E-state index contributed by atoms with van der Waals surface area (Å²) in [5, 5.41) is 12.1. The molecule has 1 fully saturated rings. The van der Waals surface area contributed by atoms with Crippen LogP contribution in [-0.2, 0) is 0 Å². The number of hydrogen-bond donors (Lipinski definition) is 2. The van der Waals surface area contributed by atoms with Crippen LogP contribution in [0, 0.1) is 0 Å². The van der Waals surface area contributed by atoms with Crippen molar-refractivity contribution in [2.75, 3.05) is 32.7 Å². The van der Waals surface area contributed by atoms with Gasteiger partial charge in [-0.15, -0.1) is 0 Å². The van der Waals surface area contributed by atoms with Gasteiger partial charge in [0.1, 0.15) is 0 Å². The predicted molar refractivity (Wildman–Crippen MR) is 88.9 cm³/mol. The van der Waals surface area contributed by atoms with Crippen LogP contribution in [-0.4, -0.2) is 59.6 Å². The summed E-state index contributed by atoms with van der Waals surface area (Å²) in [6.07, 6.45) is 8.75. The van der Waals surface area contributed by atoms with Gasteiger partial charge in [0.05, 0.1) is 6.04 Å². The highest BCUT2D eigenvalue weighted by molar-refractivity contribution is 5.85. The minimum absolute atomic E-state index is 0.103. The lowest BCUT2D eigenvalue weighted by Crippen LogP contribution is -2.54. The molecule has 0 aromatic rings. The molecule has 1 aliphatic rings. The van der Waals surface area contributed by atoms with Gasteiger partial charge in [-0.05, 0) is 19.4 Å². The predicted octanol–water partition coefficient (Wildman–Crippen LogP) is 2.49. The Balaban J connectivity index is 2.27. The molecule has 5 heteroatoms. The van der Waals surface area contributed by atoms with Gasteiger partial charge in [-0.1, -0.05) is 51.1 Å². The summed E-state index contributed by atoms with van der Waals surface area (Å²) in [5.41, 5.74) is 5.84. The first-order chi connectivity index (χ1) is 10.2. The second-order valence-corrected chi connectivity index (χ2v) is 6.12. The van der Waals surface area contributed by atoms with Crippen molar-refractivity contribution in [1.29, 1.82) is 0 Å². The summed E-state index contributed by atoms with van der Waals surface area (Å²) >= 11 is 0. The molecule has 1 unspecified atom stereocenters. The van der Waals surface area contributed by atoms with Crippen molar-refractivity contribution in [3.63, 3.8) is 0 Å². The molecule has 0 aromatic heterocycles. The number of nitrogens with zero attached hydrogens (tertiary/aromatic N) is 3. The van der Waals surface area contributed by atoms with Crippen molar-refractivity contribution in [1.82, 2.24) is 9.80 Å². The van der Waals surface area contributed by atoms with Crippen molar-refractivity contribution in [3.8, 4) is 0 Å². The molecule has 0 bridgehead atoms. The van der Waals surface area contributed by atoms with Crippen LogP contribution in [0.15, 0.2) is 5.16 Å². The maximum absolute atomic E-state index is 8.93. The highest BCUT2D eigenvalue weighted by Crippen LogP contribution is 2.12. The zero-order valence-corrected chi connectivity index (χ0v) is 13.9. The Labute approximate surface area is 130 Å². The van der Waals surface area contributed by atoms with E-state index in [0.717, 1.165) is 39.0 Å². The van der Waals surface area contributed by atoms with Crippen LogP contribution < -0.4 is 5.73 Å². The first-order valence-electron chi connectivity index (χ1n) is 8.66. The number of oxime groups is 1. The Hall–Kier alpha value is -0.810.